The van der Waals surface area contributed by atoms with Gasteiger partial charge in [-0.15, -0.1) is 0 Å². The third-order valence-electron chi connectivity index (χ3n) is 3.03. The van der Waals surface area contributed by atoms with Gasteiger partial charge in [0, 0.05) is 32.7 Å². The third kappa shape index (κ3) is 2.12. The smallest absolute Gasteiger partial charge is 0.320 e. The van der Waals surface area contributed by atoms with Crippen LogP contribution in [0.4, 0.5) is 4.79 Å². The van der Waals surface area contributed by atoms with Crippen LogP contribution in [0, 0.1) is 5.92 Å². The molecule has 0 radical (unpaired) electrons. The molecule has 0 aromatic carbocycles. The number of carbonyl (C=O) groups is 2. The molecule has 0 bridgehead atoms. The molecule has 2 amide bonds. The van der Waals surface area contributed by atoms with E-state index in [0.717, 1.165) is 6.42 Å². The molecule has 0 aromatic heterocycles. The molecule has 0 N–H and O–H groups in total. The van der Waals surface area contributed by atoms with Gasteiger partial charge in [0.05, 0.1) is 13.2 Å². The predicted molar refractivity (Wildman–Crippen MR) is 53.5 cm³/mol. The highest BCUT2D eigenvalue weighted by Gasteiger charge is 2.30. The summed E-state index contributed by atoms with van der Waals surface area (Å²) < 4.78 is 5.16. The number of ketones is 1. The summed E-state index contributed by atoms with van der Waals surface area (Å²) >= 11 is 0. The third-order valence-corrected chi connectivity index (χ3v) is 3.03. The van der Waals surface area contributed by atoms with E-state index >= 15 is 0 Å². The molecule has 1 unspecified atom stereocenters. The minimum absolute atomic E-state index is 0.00343. The van der Waals surface area contributed by atoms with Gasteiger partial charge in [-0.25, -0.2) is 4.79 Å². The summed E-state index contributed by atoms with van der Waals surface area (Å²) in [5.74, 6) is 0.139. The highest BCUT2D eigenvalue weighted by atomic mass is 16.5. The Bertz CT molecular complexity index is 274. The Labute approximate surface area is 89.0 Å². The Balaban J connectivity index is 1.86. The topological polar surface area (TPSA) is 49.9 Å². The van der Waals surface area contributed by atoms with Gasteiger partial charge in [-0.2, -0.15) is 0 Å². The normalized spacial score (nSPS) is 26.5. The lowest BCUT2D eigenvalue weighted by Crippen LogP contribution is -2.36. The molecule has 0 aliphatic carbocycles. The number of Topliss-reactive ketones (excluding diaryl/α,β-unsaturated/α-hetero) is 1. The monoisotopic (exact) mass is 212 g/mol. The number of ether oxygens (including phenoxy) is 1. The van der Waals surface area contributed by atoms with Crippen molar-refractivity contribution < 1.29 is 14.3 Å². The van der Waals surface area contributed by atoms with Crippen molar-refractivity contribution in [3.05, 3.63) is 0 Å². The first-order valence-corrected chi connectivity index (χ1v) is 5.29. The van der Waals surface area contributed by atoms with Crippen molar-refractivity contribution in [3.63, 3.8) is 0 Å². The second kappa shape index (κ2) is 4.18. The quantitative estimate of drug-likeness (QED) is 0.659. The number of nitrogens with zero attached hydrogens (tertiary/aromatic N) is 2. The maximum absolute atomic E-state index is 11.8. The van der Waals surface area contributed by atoms with Crippen LogP contribution in [-0.2, 0) is 9.53 Å². The molecule has 0 saturated carbocycles. The maximum Gasteiger partial charge on any atom is 0.320 e. The van der Waals surface area contributed by atoms with Crippen LogP contribution in [0.5, 0.6) is 0 Å². The van der Waals surface area contributed by atoms with E-state index in [1.165, 1.54) is 0 Å². The Hall–Kier alpha value is -1.10. The lowest BCUT2D eigenvalue weighted by Gasteiger charge is -2.16. The first-order valence-electron chi connectivity index (χ1n) is 5.29. The molecule has 2 aliphatic heterocycles. The highest BCUT2D eigenvalue weighted by molar-refractivity contribution is 5.88. The lowest BCUT2D eigenvalue weighted by atomic mass is 10.0. The van der Waals surface area contributed by atoms with Crippen LogP contribution >= 0.6 is 0 Å². The molecule has 2 aliphatic rings. The fraction of sp³-hybridized carbons (Fsp3) is 0.800. The van der Waals surface area contributed by atoms with E-state index in [0.29, 0.717) is 26.3 Å². The lowest BCUT2D eigenvalue weighted by molar-refractivity contribution is -0.123. The summed E-state index contributed by atoms with van der Waals surface area (Å²) in [5, 5.41) is 0. The molecule has 2 fully saturated rings. The van der Waals surface area contributed by atoms with Crippen molar-refractivity contribution in [1.82, 2.24) is 9.80 Å². The van der Waals surface area contributed by atoms with E-state index in [4.69, 9.17) is 4.74 Å². The molecule has 15 heavy (non-hydrogen) atoms. The average Bonchev–Trinajstić information content (AvgIpc) is 2.83. The zero-order chi connectivity index (χ0) is 10.8. The highest BCUT2D eigenvalue weighted by Crippen LogP contribution is 2.15. The molecule has 0 spiro atoms. The van der Waals surface area contributed by atoms with Crippen molar-refractivity contribution in [2.75, 3.05) is 39.9 Å². The van der Waals surface area contributed by atoms with Gasteiger partial charge in [-0.3, -0.25) is 4.79 Å². The van der Waals surface area contributed by atoms with E-state index < -0.39 is 0 Å². The van der Waals surface area contributed by atoms with E-state index in [1.54, 1.807) is 16.8 Å². The van der Waals surface area contributed by atoms with Crippen LogP contribution in [0.25, 0.3) is 0 Å². The van der Waals surface area contributed by atoms with Crippen LogP contribution < -0.4 is 0 Å². The number of likely N-dealkylation sites (N-methyl/N-ethyl adjacent to an activating group) is 1. The fourth-order valence-corrected chi connectivity index (χ4v) is 1.96. The van der Waals surface area contributed by atoms with Gasteiger partial charge in [0.15, 0.2) is 5.78 Å². The molecule has 5 heteroatoms. The van der Waals surface area contributed by atoms with Crippen molar-refractivity contribution in [2.24, 2.45) is 5.92 Å². The maximum atomic E-state index is 11.8. The van der Waals surface area contributed by atoms with E-state index in [2.05, 4.69) is 0 Å². The zero-order valence-electron chi connectivity index (χ0n) is 8.94. The SMILES string of the molecule is CN1CCN(CC(=O)C2CCOC2)C1=O. The zero-order valence-corrected chi connectivity index (χ0v) is 8.94. The molecular weight excluding hydrogens is 196 g/mol. The summed E-state index contributed by atoms with van der Waals surface area (Å²) in [6.07, 6.45) is 0.802. The molecular formula is C10H16N2O3. The van der Waals surface area contributed by atoms with Gasteiger partial charge in [0.1, 0.15) is 0 Å². The van der Waals surface area contributed by atoms with Gasteiger partial charge >= 0.3 is 6.03 Å². The van der Waals surface area contributed by atoms with Crippen LogP contribution in [0.1, 0.15) is 6.42 Å². The molecule has 2 saturated heterocycles. The van der Waals surface area contributed by atoms with Gasteiger partial charge < -0.3 is 14.5 Å². The van der Waals surface area contributed by atoms with Crippen molar-refractivity contribution in [1.29, 1.82) is 0 Å². The summed E-state index contributed by atoms with van der Waals surface area (Å²) in [4.78, 5) is 26.5. The molecule has 84 valence electrons. The van der Waals surface area contributed by atoms with Crippen LogP contribution in [-0.4, -0.2) is 61.5 Å². The van der Waals surface area contributed by atoms with Crippen molar-refractivity contribution in [2.45, 2.75) is 6.42 Å². The number of urea groups is 1. The molecule has 1 atom stereocenters. The second-order valence-corrected chi connectivity index (χ2v) is 4.15. The van der Waals surface area contributed by atoms with Crippen molar-refractivity contribution >= 4 is 11.8 Å². The van der Waals surface area contributed by atoms with Gasteiger partial charge in [0.2, 0.25) is 0 Å². The first-order chi connectivity index (χ1) is 7.18. The van der Waals surface area contributed by atoms with E-state index in [1.807, 2.05) is 0 Å². The average molecular weight is 212 g/mol. The minimum Gasteiger partial charge on any atom is -0.381 e. The minimum atomic E-state index is -0.0396. The number of amides is 2. The van der Waals surface area contributed by atoms with E-state index in [9.17, 15) is 9.59 Å². The Morgan fingerprint density at radius 2 is 2.33 bits per heavy atom. The summed E-state index contributed by atoms with van der Waals surface area (Å²) in [6.45, 7) is 2.82. The number of hydrogen-bond donors (Lipinski definition) is 0. The Morgan fingerprint density at radius 3 is 2.87 bits per heavy atom. The molecule has 2 heterocycles. The van der Waals surface area contributed by atoms with Crippen LogP contribution in [0.2, 0.25) is 0 Å². The number of carbonyl (C=O) groups excluding carboxylic acids is 2. The summed E-state index contributed by atoms with van der Waals surface area (Å²) in [5.41, 5.74) is 0. The van der Waals surface area contributed by atoms with E-state index in [-0.39, 0.29) is 24.3 Å². The van der Waals surface area contributed by atoms with Crippen LogP contribution in [0.15, 0.2) is 0 Å². The number of hydrogen-bond acceptors (Lipinski definition) is 3. The fourth-order valence-electron chi connectivity index (χ4n) is 1.96. The second-order valence-electron chi connectivity index (χ2n) is 4.15. The Morgan fingerprint density at radius 1 is 1.53 bits per heavy atom. The first kappa shape index (κ1) is 10.4. The molecule has 2 rings (SSSR count). The van der Waals surface area contributed by atoms with Gasteiger partial charge in [-0.1, -0.05) is 0 Å². The van der Waals surface area contributed by atoms with Crippen molar-refractivity contribution in [3.8, 4) is 0 Å². The molecule has 5 nitrogen and oxygen atoms in total. The van der Waals surface area contributed by atoms with Gasteiger partial charge in [-0.05, 0) is 6.42 Å². The number of rotatable bonds is 3. The summed E-state index contributed by atoms with van der Waals surface area (Å²) in [7, 11) is 1.76. The predicted octanol–water partition coefficient (Wildman–Crippen LogP) is -0.0406. The molecule has 0 aromatic rings. The van der Waals surface area contributed by atoms with Gasteiger partial charge in [0.25, 0.3) is 0 Å². The van der Waals surface area contributed by atoms with Crippen LogP contribution in [0.3, 0.4) is 0 Å². The standard InChI is InChI=1S/C10H16N2O3/c1-11-3-4-12(10(11)14)6-9(13)8-2-5-15-7-8/h8H,2-7H2,1H3. The Kier molecular flexibility index (Phi) is 2.90. The largest absolute Gasteiger partial charge is 0.381 e. The summed E-state index contributed by atoms with van der Waals surface area (Å²) in [6, 6.07) is -0.0396.